The fourth-order valence-electron chi connectivity index (χ4n) is 1.75. The van der Waals surface area contributed by atoms with Crippen molar-refractivity contribution in [1.29, 1.82) is 0 Å². The van der Waals surface area contributed by atoms with Crippen molar-refractivity contribution in [2.45, 2.75) is 19.1 Å². The second-order valence-electron chi connectivity index (χ2n) is 4.32. The first-order chi connectivity index (χ1) is 9.20. The Bertz CT molecular complexity index is 616. The molecule has 0 fully saturated rings. The Morgan fingerprint density at radius 3 is 2.40 bits per heavy atom. The summed E-state index contributed by atoms with van der Waals surface area (Å²) in [6, 6.07) is 3.71. The molecule has 0 aliphatic heterocycles. The summed E-state index contributed by atoms with van der Waals surface area (Å²) in [5.41, 5.74) is 5.60. The summed E-state index contributed by atoms with van der Waals surface area (Å²) < 4.78 is 51.7. The van der Waals surface area contributed by atoms with Crippen molar-refractivity contribution in [3.63, 3.8) is 0 Å². The van der Waals surface area contributed by atoms with Crippen LogP contribution in [0.15, 0.2) is 24.3 Å². The molecule has 1 aromatic carbocycles. The molecule has 0 amide bonds. The first kappa shape index (κ1) is 15.3. The van der Waals surface area contributed by atoms with Crippen molar-refractivity contribution in [3.05, 3.63) is 56.0 Å². The lowest BCUT2D eigenvalue weighted by atomic mass is 10.0. The molecule has 0 aliphatic rings. The number of alkyl halides is 3. The molecule has 0 saturated carbocycles. The molecule has 0 bridgehead atoms. The van der Waals surface area contributed by atoms with E-state index in [1.807, 2.05) is 0 Å². The molecule has 108 valence electrons. The Morgan fingerprint density at radius 2 is 1.90 bits per heavy atom. The van der Waals surface area contributed by atoms with Gasteiger partial charge >= 0.3 is 6.18 Å². The van der Waals surface area contributed by atoms with Crippen LogP contribution in [-0.4, -0.2) is 0 Å². The summed E-state index contributed by atoms with van der Waals surface area (Å²) in [5, 5.41) is 0. The van der Waals surface area contributed by atoms with E-state index in [0.29, 0.717) is 9.21 Å². The molecular formula is C13H10ClF4NS. The van der Waals surface area contributed by atoms with E-state index in [4.69, 9.17) is 17.3 Å². The fraction of sp³-hybridized carbons (Fsp3) is 0.231. The zero-order valence-corrected chi connectivity index (χ0v) is 11.8. The van der Waals surface area contributed by atoms with E-state index >= 15 is 0 Å². The topological polar surface area (TPSA) is 26.0 Å². The zero-order valence-electron chi connectivity index (χ0n) is 10.3. The van der Waals surface area contributed by atoms with E-state index in [9.17, 15) is 17.6 Å². The van der Waals surface area contributed by atoms with Gasteiger partial charge in [0.15, 0.2) is 0 Å². The molecule has 0 saturated heterocycles. The lowest BCUT2D eigenvalue weighted by Crippen LogP contribution is -2.14. The summed E-state index contributed by atoms with van der Waals surface area (Å²) in [6.45, 7) is 1.78. The quantitative estimate of drug-likeness (QED) is 0.780. The van der Waals surface area contributed by atoms with Crippen molar-refractivity contribution in [2.75, 3.05) is 0 Å². The number of benzene rings is 1. The Kier molecular flexibility index (Phi) is 4.09. The standard InChI is InChI=1S/C13H10ClF4NS/c1-6-4-10(20-12(6)14)11(19)7-2-3-9(15)8(5-7)13(16,17)18/h2-5,11H,19H2,1H3. The maximum atomic E-state index is 13.2. The Morgan fingerprint density at radius 1 is 1.25 bits per heavy atom. The second-order valence-corrected chi connectivity index (χ2v) is 6.01. The van der Waals surface area contributed by atoms with E-state index in [1.165, 1.54) is 17.4 Å². The van der Waals surface area contributed by atoms with E-state index < -0.39 is 23.6 Å². The van der Waals surface area contributed by atoms with E-state index in [1.54, 1.807) is 13.0 Å². The van der Waals surface area contributed by atoms with Gasteiger partial charge < -0.3 is 5.73 Å². The van der Waals surface area contributed by atoms with Crippen LogP contribution in [0, 0.1) is 12.7 Å². The number of hydrogen-bond donors (Lipinski definition) is 1. The molecule has 1 atom stereocenters. The van der Waals surface area contributed by atoms with Gasteiger partial charge in [-0.15, -0.1) is 11.3 Å². The molecule has 2 rings (SSSR count). The molecule has 2 aromatic rings. The van der Waals surface area contributed by atoms with Crippen LogP contribution in [0.2, 0.25) is 4.34 Å². The van der Waals surface area contributed by atoms with Crippen molar-refractivity contribution < 1.29 is 17.6 Å². The van der Waals surface area contributed by atoms with Crippen LogP contribution >= 0.6 is 22.9 Å². The lowest BCUT2D eigenvalue weighted by Gasteiger charge is -2.14. The molecule has 1 nitrogen and oxygen atoms in total. The number of nitrogens with two attached hydrogens (primary N) is 1. The largest absolute Gasteiger partial charge is 0.419 e. The molecule has 1 unspecified atom stereocenters. The maximum absolute atomic E-state index is 13.2. The van der Waals surface area contributed by atoms with Crippen molar-refractivity contribution >= 4 is 22.9 Å². The maximum Gasteiger partial charge on any atom is 0.419 e. The van der Waals surface area contributed by atoms with Crippen LogP contribution in [0.5, 0.6) is 0 Å². The smallest absolute Gasteiger partial charge is 0.320 e. The van der Waals surface area contributed by atoms with Crippen LogP contribution in [0.4, 0.5) is 17.6 Å². The summed E-state index contributed by atoms with van der Waals surface area (Å²) in [7, 11) is 0. The minimum absolute atomic E-state index is 0.191. The van der Waals surface area contributed by atoms with Crippen LogP contribution in [-0.2, 0) is 6.18 Å². The Labute approximate surface area is 122 Å². The number of halogens is 5. The minimum atomic E-state index is -4.75. The van der Waals surface area contributed by atoms with Gasteiger partial charge in [-0.05, 0) is 36.2 Å². The van der Waals surface area contributed by atoms with Gasteiger partial charge in [-0.1, -0.05) is 17.7 Å². The van der Waals surface area contributed by atoms with Gasteiger partial charge in [-0.2, -0.15) is 13.2 Å². The molecule has 2 N–H and O–H groups in total. The van der Waals surface area contributed by atoms with Gasteiger partial charge in [-0.3, -0.25) is 0 Å². The van der Waals surface area contributed by atoms with Gasteiger partial charge in [0.1, 0.15) is 5.82 Å². The van der Waals surface area contributed by atoms with Gasteiger partial charge in [0, 0.05) is 4.88 Å². The summed E-state index contributed by atoms with van der Waals surface area (Å²) in [6.07, 6.45) is -4.75. The molecule has 1 aromatic heterocycles. The lowest BCUT2D eigenvalue weighted by molar-refractivity contribution is -0.140. The van der Waals surface area contributed by atoms with Crippen LogP contribution in [0.3, 0.4) is 0 Å². The van der Waals surface area contributed by atoms with E-state index in [2.05, 4.69) is 0 Å². The molecule has 0 radical (unpaired) electrons. The highest BCUT2D eigenvalue weighted by molar-refractivity contribution is 7.16. The number of rotatable bonds is 2. The van der Waals surface area contributed by atoms with Crippen LogP contribution in [0.1, 0.15) is 27.6 Å². The summed E-state index contributed by atoms with van der Waals surface area (Å²) in [4.78, 5) is 0.632. The average molecular weight is 324 g/mol. The van der Waals surface area contributed by atoms with Crippen LogP contribution in [0.25, 0.3) is 0 Å². The molecule has 1 heterocycles. The van der Waals surface area contributed by atoms with Gasteiger partial charge in [0.25, 0.3) is 0 Å². The van der Waals surface area contributed by atoms with Gasteiger partial charge in [-0.25, -0.2) is 4.39 Å². The minimum Gasteiger partial charge on any atom is -0.320 e. The van der Waals surface area contributed by atoms with E-state index in [0.717, 1.165) is 17.7 Å². The third-order valence-electron chi connectivity index (χ3n) is 2.84. The molecule has 20 heavy (non-hydrogen) atoms. The van der Waals surface area contributed by atoms with Crippen LogP contribution < -0.4 is 5.73 Å². The summed E-state index contributed by atoms with van der Waals surface area (Å²) >= 11 is 7.11. The third-order valence-corrected chi connectivity index (χ3v) is 4.48. The fourth-order valence-corrected chi connectivity index (χ4v) is 3.00. The zero-order chi connectivity index (χ0) is 15.1. The monoisotopic (exact) mass is 323 g/mol. The summed E-state index contributed by atoms with van der Waals surface area (Å²) in [5.74, 6) is -1.31. The first-order valence-corrected chi connectivity index (χ1v) is 6.77. The van der Waals surface area contributed by atoms with Crippen molar-refractivity contribution in [1.82, 2.24) is 0 Å². The predicted molar refractivity (Wildman–Crippen MR) is 71.5 cm³/mol. The van der Waals surface area contributed by atoms with Crippen molar-refractivity contribution in [2.24, 2.45) is 5.73 Å². The normalized spacial score (nSPS) is 13.6. The third kappa shape index (κ3) is 2.97. The van der Waals surface area contributed by atoms with E-state index in [-0.39, 0.29) is 5.56 Å². The predicted octanol–water partition coefficient (Wildman–Crippen LogP) is 4.92. The highest BCUT2D eigenvalue weighted by atomic mass is 35.5. The SMILES string of the molecule is Cc1cc(C(N)c2ccc(F)c(C(F)(F)F)c2)sc1Cl. The molecule has 0 aliphatic carbocycles. The molecular weight excluding hydrogens is 314 g/mol. The molecule has 0 spiro atoms. The Hall–Kier alpha value is -1.11. The Balaban J connectivity index is 2.43. The van der Waals surface area contributed by atoms with Gasteiger partial charge in [0.05, 0.1) is 15.9 Å². The number of hydrogen-bond acceptors (Lipinski definition) is 2. The number of aryl methyl sites for hydroxylation is 1. The average Bonchev–Trinajstić information content (AvgIpc) is 2.68. The highest BCUT2D eigenvalue weighted by Gasteiger charge is 2.34. The number of thiophene rings is 1. The van der Waals surface area contributed by atoms with Gasteiger partial charge in [0.2, 0.25) is 0 Å². The molecule has 7 heteroatoms. The van der Waals surface area contributed by atoms with Crippen molar-refractivity contribution in [3.8, 4) is 0 Å². The highest BCUT2D eigenvalue weighted by Crippen LogP contribution is 2.36. The first-order valence-electron chi connectivity index (χ1n) is 5.58. The second kappa shape index (κ2) is 5.35.